The van der Waals surface area contributed by atoms with Crippen LogP contribution >= 0.6 is 0 Å². The van der Waals surface area contributed by atoms with Gasteiger partial charge in [0, 0.05) is 13.8 Å². The van der Waals surface area contributed by atoms with E-state index in [9.17, 15) is 9.59 Å². The van der Waals surface area contributed by atoms with Crippen molar-refractivity contribution in [2.45, 2.75) is 38.9 Å². The van der Waals surface area contributed by atoms with E-state index in [1.807, 2.05) is 0 Å². The number of fused-ring (bicyclic) bond motifs is 3. The number of esters is 2. The highest BCUT2D eigenvalue weighted by Gasteiger charge is 2.62. The molecule has 5 nitrogen and oxygen atoms in total. The second kappa shape index (κ2) is 4.78. The van der Waals surface area contributed by atoms with Gasteiger partial charge in [-0.15, -0.1) is 0 Å². The lowest BCUT2D eigenvalue weighted by atomic mass is 9.89. The number of carbonyl (C=O) groups is 2. The van der Waals surface area contributed by atoms with Crippen LogP contribution < -0.4 is 0 Å². The van der Waals surface area contributed by atoms with Crippen molar-refractivity contribution >= 4 is 11.9 Å². The third-order valence-electron chi connectivity index (χ3n) is 4.76. The average Bonchev–Trinajstić information content (AvgIpc) is 2.86. The predicted octanol–water partition coefficient (Wildman–Crippen LogP) is 1.15. The summed E-state index contributed by atoms with van der Waals surface area (Å²) in [6.07, 6.45) is 2.78. The van der Waals surface area contributed by atoms with Crippen LogP contribution in [0.3, 0.4) is 0 Å². The van der Waals surface area contributed by atoms with Crippen LogP contribution in [0.2, 0.25) is 0 Å². The lowest BCUT2D eigenvalue weighted by molar-refractivity contribution is -0.143. The first kappa shape index (κ1) is 12.9. The minimum atomic E-state index is -0.230. The summed E-state index contributed by atoms with van der Waals surface area (Å²) in [5.74, 6) is 1.33. The lowest BCUT2D eigenvalue weighted by Gasteiger charge is -2.20. The van der Waals surface area contributed by atoms with Gasteiger partial charge in [-0.2, -0.15) is 0 Å². The van der Waals surface area contributed by atoms with Gasteiger partial charge in [0.1, 0.15) is 0 Å². The average molecular weight is 268 g/mol. The molecule has 1 saturated heterocycles. The lowest BCUT2D eigenvalue weighted by Crippen LogP contribution is -2.23. The molecule has 6 atom stereocenters. The van der Waals surface area contributed by atoms with Crippen LogP contribution in [0.1, 0.15) is 26.7 Å². The quantitative estimate of drug-likeness (QED) is 0.565. The van der Waals surface area contributed by atoms with E-state index < -0.39 is 0 Å². The third-order valence-corrected chi connectivity index (χ3v) is 4.76. The fourth-order valence-electron chi connectivity index (χ4n) is 4.02. The number of epoxide rings is 1. The number of rotatable bonds is 4. The summed E-state index contributed by atoms with van der Waals surface area (Å²) in [4.78, 5) is 21.9. The smallest absolute Gasteiger partial charge is 0.302 e. The molecule has 106 valence electrons. The molecule has 0 spiro atoms. The molecule has 5 heteroatoms. The Kier molecular flexibility index (Phi) is 3.25. The molecule has 0 aromatic carbocycles. The van der Waals surface area contributed by atoms with Gasteiger partial charge in [-0.25, -0.2) is 0 Å². The van der Waals surface area contributed by atoms with Crippen molar-refractivity contribution in [3.05, 3.63) is 0 Å². The molecule has 0 bridgehead atoms. The highest BCUT2D eigenvalue weighted by molar-refractivity contribution is 5.66. The monoisotopic (exact) mass is 268 g/mol. The first-order valence-corrected chi connectivity index (χ1v) is 6.98. The Morgan fingerprint density at radius 1 is 1.05 bits per heavy atom. The van der Waals surface area contributed by atoms with Crippen molar-refractivity contribution in [2.24, 2.45) is 23.7 Å². The van der Waals surface area contributed by atoms with Gasteiger partial charge in [0.15, 0.2) is 0 Å². The largest absolute Gasteiger partial charge is 0.466 e. The zero-order valence-corrected chi connectivity index (χ0v) is 11.3. The van der Waals surface area contributed by atoms with E-state index in [1.165, 1.54) is 13.8 Å². The van der Waals surface area contributed by atoms with E-state index in [0.29, 0.717) is 49.1 Å². The fourth-order valence-corrected chi connectivity index (χ4v) is 4.02. The van der Waals surface area contributed by atoms with Crippen molar-refractivity contribution in [3.8, 4) is 0 Å². The zero-order chi connectivity index (χ0) is 13.6. The van der Waals surface area contributed by atoms with Crippen molar-refractivity contribution in [1.29, 1.82) is 0 Å². The summed E-state index contributed by atoms with van der Waals surface area (Å²) in [7, 11) is 0. The van der Waals surface area contributed by atoms with Crippen molar-refractivity contribution in [2.75, 3.05) is 13.2 Å². The molecule has 0 aromatic heterocycles. The molecule has 3 rings (SSSR count). The maximum absolute atomic E-state index is 11.0. The molecular weight excluding hydrogens is 248 g/mol. The number of ether oxygens (including phenoxy) is 3. The molecule has 3 aliphatic rings. The summed E-state index contributed by atoms with van der Waals surface area (Å²) in [5, 5.41) is 0. The molecule has 0 radical (unpaired) electrons. The molecule has 0 N–H and O–H groups in total. The molecule has 3 fully saturated rings. The molecule has 1 heterocycles. The normalized spacial score (nSPS) is 42.4. The summed E-state index contributed by atoms with van der Waals surface area (Å²) in [6, 6.07) is 0. The van der Waals surface area contributed by atoms with Crippen LogP contribution in [-0.2, 0) is 23.8 Å². The summed E-state index contributed by atoms with van der Waals surface area (Å²) in [5.41, 5.74) is 0. The molecule has 0 amide bonds. The topological polar surface area (TPSA) is 65.1 Å². The third kappa shape index (κ3) is 2.48. The first-order chi connectivity index (χ1) is 9.06. The van der Waals surface area contributed by atoms with Gasteiger partial charge in [-0.05, 0) is 36.5 Å². The Morgan fingerprint density at radius 3 is 2.32 bits per heavy atom. The molecule has 0 aromatic rings. The van der Waals surface area contributed by atoms with Crippen LogP contribution in [0.15, 0.2) is 0 Å². The highest BCUT2D eigenvalue weighted by Crippen LogP contribution is 2.58. The van der Waals surface area contributed by atoms with Crippen LogP contribution in [0.4, 0.5) is 0 Å². The van der Waals surface area contributed by atoms with E-state index in [0.717, 1.165) is 12.8 Å². The van der Waals surface area contributed by atoms with Crippen molar-refractivity contribution in [3.63, 3.8) is 0 Å². The van der Waals surface area contributed by atoms with Gasteiger partial charge in [0.25, 0.3) is 0 Å². The molecule has 2 saturated carbocycles. The van der Waals surface area contributed by atoms with E-state index in [4.69, 9.17) is 14.2 Å². The zero-order valence-electron chi connectivity index (χ0n) is 11.3. The Bertz CT molecular complexity index is 393. The SMILES string of the molecule is CC(=O)OC[C@H]1C[C@@H](COC(C)=O)[C@@H]2[C@H]1C[C@@H]1O[C@H]21. The van der Waals surface area contributed by atoms with Crippen LogP contribution in [-0.4, -0.2) is 37.4 Å². The van der Waals surface area contributed by atoms with E-state index in [1.54, 1.807) is 0 Å². The van der Waals surface area contributed by atoms with Gasteiger partial charge >= 0.3 is 11.9 Å². The van der Waals surface area contributed by atoms with Crippen molar-refractivity contribution < 1.29 is 23.8 Å². The maximum Gasteiger partial charge on any atom is 0.302 e. The first-order valence-electron chi connectivity index (χ1n) is 6.98. The predicted molar refractivity (Wildman–Crippen MR) is 65.1 cm³/mol. The van der Waals surface area contributed by atoms with Crippen LogP contribution in [0.25, 0.3) is 0 Å². The Labute approximate surface area is 112 Å². The maximum atomic E-state index is 11.0. The standard InChI is InChI=1S/C14H20O5/c1-7(15)17-5-9-3-10(6-18-8(2)16)13-11(9)4-12-14(13)19-12/h9-14H,3-6H2,1-2H3/t9-,10+,11+,12+,13-,14+/m1/s1. The van der Waals surface area contributed by atoms with E-state index >= 15 is 0 Å². The molecule has 19 heavy (non-hydrogen) atoms. The van der Waals surface area contributed by atoms with Gasteiger partial charge in [-0.1, -0.05) is 0 Å². The fraction of sp³-hybridized carbons (Fsp3) is 0.857. The Morgan fingerprint density at radius 2 is 1.68 bits per heavy atom. The Balaban J connectivity index is 1.62. The van der Waals surface area contributed by atoms with Crippen LogP contribution in [0.5, 0.6) is 0 Å². The van der Waals surface area contributed by atoms with Crippen LogP contribution in [0, 0.1) is 23.7 Å². The second-order valence-electron chi connectivity index (χ2n) is 5.98. The highest BCUT2D eigenvalue weighted by atomic mass is 16.6. The molecule has 0 unspecified atom stereocenters. The second-order valence-corrected chi connectivity index (χ2v) is 5.98. The van der Waals surface area contributed by atoms with Gasteiger partial charge in [-0.3, -0.25) is 9.59 Å². The van der Waals surface area contributed by atoms with Crippen molar-refractivity contribution in [1.82, 2.24) is 0 Å². The number of hydrogen-bond donors (Lipinski definition) is 0. The molecule has 1 aliphatic heterocycles. The van der Waals surface area contributed by atoms with Gasteiger partial charge in [0.05, 0.1) is 25.4 Å². The minimum absolute atomic E-state index is 0.223. The molecular formula is C14H20O5. The van der Waals surface area contributed by atoms with Gasteiger partial charge < -0.3 is 14.2 Å². The number of hydrogen-bond acceptors (Lipinski definition) is 5. The summed E-state index contributed by atoms with van der Waals surface area (Å²) < 4.78 is 16.0. The van der Waals surface area contributed by atoms with Gasteiger partial charge in [0.2, 0.25) is 0 Å². The summed E-state index contributed by atoms with van der Waals surface area (Å²) in [6.45, 7) is 3.85. The van der Waals surface area contributed by atoms with E-state index in [-0.39, 0.29) is 11.9 Å². The minimum Gasteiger partial charge on any atom is -0.466 e. The molecule has 2 aliphatic carbocycles. The Hall–Kier alpha value is -1.10. The summed E-state index contributed by atoms with van der Waals surface area (Å²) >= 11 is 0. The number of carbonyl (C=O) groups excluding carboxylic acids is 2. The van der Waals surface area contributed by atoms with E-state index in [2.05, 4.69) is 0 Å².